The van der Waals surface area contributed by atoms with Crippen molar-refractivity contribution in [3.8, 4) is 0 Å². The number of ketones is 1. The molecule has 1 atom stereocenters. The lowest BCUT2D eigenvalue weighted by Gasteiger charge is -2.36. The van der Waals surface area contributed by atoms with Crippen LogP contribution in [0.2, 0.25) is 0 Å². The number of amides is 1. The molecule has 6 heteroatoms. The van der Waals surface area contributed by atoms with Gasteiger partial charge in [0, 0.05) is 24.0 Å². The quantitative estimate of drug-likeness (QED) is 0.456. The number of rotatable bonds is 7. The van der Waals surface area contributed by atoms with Crippen LogP contribution in [-0.2, 0) is 4.79 Å². The van der Waals surface area contributed by atoms with Gasteiger partial charge >= 0.3 is 0 Å². The van der Waals surface area contributed by atoms with E-state index in [1.807, 2.05) is 44.2 Å². The Bertz CT molecular complexity index is 950. The van der Waals surface area contributed by atoms with Crippen molar-refractivity contribution < 1.29 is 9.59 Å². The maximum atomic E-state index is 12.9. The van der Waals surface area contributed by atoms with Crippen molar-refractivity contribution in [3.63, 3.8) is 0 Å². The van der Waals surface area contributed by atoms with E-state index in [1.165, 1.54) is 0 Å². The summed E-state index contributed by atoms with van der Waals surface area (Å²) in [5.74, 6) is 0.328. The second kappa shape index (κ2) is 10.2. The summed E-state index contributed by atoms with van der Waals surface area (Å²) in [6.07, 6.45) is 1.72. The highest BCUT2D eigenvalue weighted by atomic mass is 16.2. The maximum absolute atomic E-state index is 12.9. The zero-order chi connectivity index (χ0) is 23.4. The Morgan fingerprint density at radius 1 is 1.00 bits per heavy atom. The number of carbonyl (C=O) groups excluding carboxylic acids is 2. The molecule has 1 heterocycles. The minimum absolute atomic E-state index is 0.00487. The van der Waals surface area contributed by atoms with E-state index in [4.69, 9.17) is 5.73 Å². The van der Waals surface area contributed by atoms with Crippen LogP contribution in [0.4, 0.5) is 11.4 Å². The molecule has 0 spiro atoms. The molecule has 1 fully saturated rings. The van der Waals surface area contributed by atoms with E-state index in [9.17, 15) is 9.59 Å². The highest BCUT2D eigenvalue weighted by Gasteiger charge is 2.32. The van der Waals surface area contributed by atoms with Crippen LogP contribution in [0.5, 0.6) is 0 Å². The summed E-state index contributed by atoms with van der Waals surface area (Å²) >= 11 is 0. The van der Waals surface area contributed by atoms with Crippen molar-refractivity contribution in [2.75, 3.05) is 37.7 Å². The number of likely N-dealkylation sites (N-methyl/N-ethyl adjacent to an activating group) is 1. The predicted octanol–water partition coefficient (Wildman–Crippen LogP) is 3.62. The van der Waals surface area contributed by atoms with Gasteiger partial charge in [0.05, 0.1) is 6.54 Å². The van der Waals surface area contributed by atoms with Crippen LogP contribution in [0.25, 0.3) is 0 Å². The average Bonchev–Trinajstić information content (AvgIpc) is 2.82. The molecule has 0 aliphatic carbocycles. The van der Waals surface area contributed by atoms with E-state index in [0.717, 1.165) is 65.1 Å². The number of hydrogen-bond donors (Lipinski definition) is 3. The topological polar surface area (TPSA) is 87.5 Å². The second-order valence-electron chi connectivity index (χ2n) is 8.93. The van der Waals surface area contributed by atoms with Crippen LogP contribution in [0.3, 0.4) is 0 Å². The Morgan fingerprint density at radius 2 is 1.56 bits per heavy atom. The molecule has 6 nitrogen and oxygen atoms in total. The largest absolute Gasteiger partial charge is 0.398 e. The number of Topliss-reactive ketones (excluding diaryl/α,β-unsaturated/α-hetero) is 1. The Morgan fingerprint density at radius 3 is 2.09 bits per heavy atom. The molecule has 32 heavy (non-hydrogen) atoms. The van der Waals surface area contributed by atoms with Crippen molar-refractivity contribution in [1.29, 1.82) is 0 Å². The number of carbonyl (C=O) groups is 2. The second-order valence-corrected chi connectivity index (χ2v) is 8.93. The van der Waals surface area contributed by atoms with Crippen LogP contribution in [0, 0.1) is 33.6 Å². The molecule has 172 valence electrons. The minimum atomic E-state index is -0.327. The first kappa shape index (κ1) is 23.8. The van der Waals surface area contributed by atoms with Gasteiger partial charge in [-0.1, -0.05) is 30.3 Å². The van der Waals surface area contributed by atoms with E-state index in [1.54, 1.807) is 7.05 Å². The van der Waals surface area contributed by atoms with Gasteiger partial charge in [-0.15, -0.1) is 0 Å². The third-order valence-corrected chi connectivity index (χ3v) is 7.08. The van der Waals surface area contributed by atoms with Crippen LogP contribution in [0.1, 0.15) is 45.5 Å². The zero-order valence-electron chi connectivity index (χ0n) is 19.9. The molecule has 4 N–H and O–H groups in total. The maximum Gasteiger partial charge on any atom is 0.242 e. The first-order chi connectivity index (χ1) is 15.2. The molecule has 1 saturated heterocycles. The lowest BCUT2D eigenvalue weighted by molar-refractivity contribution is -0.122. The van der Waals surface area contributed by atoms with Gasteiger partial charge in [0.15, 0.2) is 5.78 Å². The van der Waals surface area contributed by atoms with Crippen molar-refractivity contribution in [2.45, 2.75) is 46.6 Å². The highest BCUT2D eigenvalue weighted by molar-refractivity contribution is 5.97. The van der Waals surface area contributed by atoms with Gasteiger partial charge in [0.1, 0.15) is 6.04 Å². The van der Waals surface area contributed by atoms with Crippen molar-refractivity contribution in [1.82, 2.24) is 10.2 Å². The molecule has 0 saturated carbocycles. The number of likely N-dealkylation sites (tertiary alicyclic amines) is 1. The Hall–Kier alpha value is -2.86. The smallest absolute Gasteiger partial charge is 0.242 e. The summed E-state index contributed by atoms with van der Waals surface area (Å²) in [6.45, 7) is 10.2. The molecule has 0 radical (unpaired) electrons. The number of nitrogens with two attached hydrogens (primary N) is 1. The van der Waals surface area contributed by atoms with Gasteiger partial charge in [-0.25, -0.2) is 0 Å². The molecule has 2 aromatic rings. The fourth-order valence-corrected chi connectivity index (χ4v) is 4.63. The standard InChI is InChI=1S/C26H36N4O2/c1-16-18(3)24(19(4)17(2)23(16)27)29-25(26(32)28-5)21-11-13-30(14-12-21)15-22(31)20-9-7-6-8-10-20/h6-10,21,25,29H,11-15,27H2,1-5H3,(H,28,32). The van der Waals surface area contributed by atoms with Crippen LogP contribution >= 0.6 is 0 Å². The van der Waals surface area contributed by atoms with E-state index < -0.39 is 0 Å². The summed E-state index contributed by atoms with van der Waals surface area (Å²) in [6, 6.07) is 9.10. The van der Waals surface area contributed by atoms with E-state index >= 15 is 0 Å². The van der Waals surface area contributed by atoms with Gasteiger partial charge in [-0.3, -0.25) is 14.5 Å². The number of anilines is 2. The van der Waals surface area contributed by atoms with E-state index in [2.05, 4.69) is 29.4 Å². The van der Waals surface area contributed by atoms with Gasteiger partial charge in [0.2, 0.25) is 5.91 Å². The third kappa shape index (κ3) is 4.96. The van der Waals surface area contributed by atoms with Crippen LogP contribution in [0.15, 0.2) is 30.3 Å². The molecule has 3 rings (SSSR count). The van der Waals surface area contributed by atoms with Crippen molar-refractivity contribution >= 4 is 23.1 Å². The Labute approximate surface area is 191 Å². The number of hydrogen-bond acceptors (Lipinski definition) is 5. The normalized spacial score (nSPS) is 15.9. The molecule has 1 aliphatic rings. The molecule has 0 aromatic heterocycles. The molecular formula is C26H36N4O2. The lowest BCUT2D eigenvalue weighted by atomic mass is 9.87. The van der Waals surface area contributed by atoms with E-state index in [0.29, 0.717) is 6.54 Å². The number of nitrogens with zero attached hydrogens (tertiary/aromatic N) is 1. The molecular weight excluding hydrogens is 400 g/mol. The van der Waals surface area contributed by atoms with E-state index in [-0.39, 0.29) is 23.7 Å². The zero-order valence-corrected chi connectivity index (χ0v) is 19.9. The predicted molar refractivity (Wildman–Crippen MR) is 131 cm³/mol. The van der Waals surface area contributed by atoms with Gasteiger partial charge < -0.3 is 16.4 Å². The van der Waals surface area contributed by atoms with Gasteiger partial charge in [-0.2, -0.15) is 0 Å². The number of benzene rings is 2. The number of nitrogen functional groups attached to an aromatic ring is 1. The summed E-state index contributed by atoms with van der Waals surface area (Å²) in [4.78, 5) is 27.6. The highest BCUT2D eigenvalue weighted by Crippen LogP contribution is 2.34. The number of piperidine rings is 1. The summed E-state index contributed by atoms with van der Waals surface area (Å²) in [7, 11) is 1.68. The molecule has 1 unspecified atom stereocenters. The fraction of sp³-hybridized carbons (Fsp3) is 0.462. The Balaban J connectivity index is 1.71. The summed E-state index contributed by atoms with van der Waals surface area (Å²) in [5, 5.41) is 6.41. The molecule has 2 aromatic carbocycles. The summed E-state index contributed by atoms with van der Waals surface area (Å²) in [5.41, 5.74) is 13.1. The average molecular weight is 437 g/mol. The molecule has 0 bridgehead atoms. The molecule has 1 aliphatic heterocycles. The Kier molecular flexibility index (Phi) is 7.56. The monoisotopic (exact) mass is 436 g/mol. The first-order valence-electron chi connectivity index (χ1n) is 11.4. The third-order valence-electron chi connectivity index (χ3n) is 7.08. The minimum Gasteiger partial charge on any atom is -0.398 e. The molecule has 1 amide bonds. The van der Waals surface area contributed by atoms with Gasteiger partial charge in [0.25, 0.3) is 0 Å². The number of nitrogens with one attached hydrogen (secondary N) is 2. The summed E-state index contributed by atoms with van der Waals surface area (Å²) < 4.78 is 0. The van der Waals surface area contributed by atoms with Crippen molar-refractivity contribution in [3.05, 3.63) is 58.1 Å². The van der Waals surface area contributed by atoms with Crippen LogP contribution in [-0.4, -0.2) is 49.3 Å². The first-order valence-corrected chi connectivity index (χ1v) is 11.4. The van der Waals surface area contributed by atoms with Gasteiger partial charge in [-0.05, 0) is 81.8 Å². The fourth-order valence-electron chi connectivity index (χ4n) is 4.63. The SMILES string of the molecule is CNC(=O)C(Nc1c(C)c(C)c(N)c(C)c1C)C1CCN(CC(=O)c2ccccc2)CC1. The lowest BCUT2D eigenvalue weighted by Crippen LogP contribution is -2.48. The van der Waals surface area contributed by atoms with Crippen LogP contribution < -0.4 is 16.4 Å². The van der Waals surface area contributed by atoms with Crippen molar-refractivity contribution in [2.24, 2.45) is 5.92 Å².